The van der Waals surface area contributed by atoms with Gasteiger partial charge in [0.1, 0.15) is 0 Å². The summed E-state index contributed by atoms with van der Waals surface area (Å²) < 4.78 is 0. The third kappa shape index (κ3) is 4.20. The number of hydrogen-bond acceptors (Lipinski definition) is 2. The maximum absolute atomic E-state index is 11.8. The van der Waals surface area contributed by atoms with Crippen LogP contribution in [0.1, 0.15) is 34.1 Å². The lowest BCUT2D eigenvalue weighted by Gasteiger charge is -2.18. The molecule has 0 spiro atoms. The second kappa shape index (κ2) is 5.67. The Morgan fingerprint density at radius 2 is 1.67 bits per heavy atom. The molecule has 4 nitrogen and oxygen atoms in total. The van der Waals surface area contributed by atoms with Crippen LogP contribution in [0.5, 0.6) is 0 Å². The number of benzene rings is 1. The normalized spacial score (nSPS) is 10.9. The topological polar surface area (TPSA) is 58.2 Å². The van der Waals surface area contributed by atoms with Crippen molar-refractivity contribution in [2.45, 2.75) is 34.1 Å². The first kappa shape index (κ1) is 14.2. The van der Waals surface area contributed by atoms with E-state index < -0.39 is 5.41 Å². The number of carbonyl (C=O) groups is 2. The second-order valence-corrected chi connectivity index (χ2v) is 5.19. The zero-order chi connectivity index (χ0) is 13.8. The van der Waals surface area contributed by atoms with E-state index in [1.165, 1.54) is 0 Å². The quantitative estimate of drug-likeness (QED) is 0.863. The molecule has 0 aromatic heterocycles. The molecule has 0 aliphatic heterocycles. The third-order valence-corrected chi connectivity index (χ3v) is 2.41. The second-order valence-electron chi connectivity index (χ2n) is 5.19. The van der Waals surface area contributed by atoms with E-state index in [-0.39, 0.29) is 11.8 Å². The van der Waals surface area contributed by atoms with Crippen molar-refractivity contribution >= 4 is 23.2 Å². The lowest BCUT2D eigenvalue weighted by Crippen LogP contribution is -2.27. The van der Waals surface area contributed by atoms with E-state index in [1.807, 2.05) is 20.8 Å². The fourth-order valence-electron chi connectivity index (χ4n) is 1.24. The number of hydrogen-bond donors (Lipinski definition) is 2. The summed E-state index contributed by atoms with van der Waals surface area (Å²) in [7, 11) is 0. The summed E-state index contributed by atoms with van der Waals surface area (Å²) in [6.45, 7) is 7.35. The first-order valence-corrected chi connectivity index (χ1v) is 6.04. The molecule has 4 heteroatoms. The standard InChI is InChI=1S/C14H20N2O2/c1-5-12(17)15-10-7-6-8-11(9-10)16-13(18)14(2,3)4/h6-9H,5H2,1-4H3,(H,15,17)(H,16,18). The molecule has 0 saturated heterocycles. The Balaban J connectivity index is 2.77. The predicted octanol–water partition coefficient (Wildman–Crippen LogP) is 3.02. The van der Waals surface area contributed by atoms with E-state index in [0.717, 1.165) is 0 Å². The zero-order valence-electron chi connectivity index (χ0n) is 11.3. The van der Waals surface area contributed by atoms with Gasteiger partial charge in [0.05, 0.1) is 0 Å². The minimum Gasteiger partial charge on any atom is -0.326 e. The molecule has 0 heterocycles. The molecule has 1 rings (SSSR count). The molecule has 2 amide bonds. The first-order chi connectivity index (χ1) is 8.32. The molecule has 0 bridgehead atoms. The lowest BCUT2D eigenvalue weighted by molar-refractivity contribution is -0.123. The van der Waals surface area contributed by atoms with Crippen molar-refractivity contribution in [3.63, 3.8) is 0 Å². The Labute approximate surface area is 108 Å². The van der Waals surface area contributed by atoms with Crippen LogP contribution < -0.4 is 10.6 Å². The average molecular weight is 248 g/mol. The van der Waals surface area contributed by atoms with Gasteiger partial charge in [0.25, 0.3) is 0 Å². The van der Waals surface area contributed by atoms with Gasteiger partial charge in [-0.1, -0.05) is 33.8 Å². The van der Waals surface area contributed by atoms with Crippen LogP contribution in [0.3, 0.4) is 0 Å². The number of amides is 2. The van der Waals surface area contributed by atoms with Crippen LogP contribution in [-0.4, -0.2) is 11.8 Å². The van der Waals surface area contributed by atoms with E-state index in [1.54, 1.807) is 31.2 Å². The van der Waals surface area contributed by atoms with Crippen molar-refractivity contribution in [2.75, 3.05) is 10.6 Å². The van der Waals surface area contributed by atoms with Gasteiger partial charge in [-0.3, -0.25) is 9.59 Å². The Kier molecular flexibility index (Phi) is 4.48. The van der Waals surface area contributed by atoms with Gasteiger partial charge >= 0.3 is 0 Å². The highest BCUT2D eigenvalue weighted by molar-refractivity contribution is 5.96. The van der Waals surface area contributed by atoms with Gasteiger partial charge in [-0.15, -0.1) is 0 Å². The average Bonchev–Trinajstić information content (AvgIpc) is 2.28. The number of anilines is 2. The van der Waals surface area contributed by atoms with E-state index in [9.17, 15) is 9.59 Å². The van der Waals surface area contributed by atoms with E-state index in [0.29, 0.717) is 17.8 Å². The van der Waals surface area contributed by atoms with Gasteiger partial charge in [-0.05, 0) is 18.2 Å². The summed E-state index contributed by atoms with van der Waals surface area (Å²) in [5.74, 6) is -0.101. The molecule has 0 atom stereocenters. The van der Waals surface area contributed by atoms with Crippen molar-refractivity contribution in [1.29, 1.82) is 0 Å². The minimum atomic E-state index is -0.442. The van der Waals surface area contributed by atoms with Crippen molar-refractivity contribution in [3.05, 3.63) is 24.3 Å². The highest BCUT2D eigenvalue weighted by Gasteiger charge is 2.21. The van der Waals surface area contributed by atoms with Crippen LogP contribution in [0.2, 0.25) is 0 Å². The minimum absolute atomic E-state index is 0.0469. The van der Waals surface area contributed by atoms with Crippen molar-refractivity contribution < 1.29 is 9.59 Å². The number of carbonyl (C=O) groups excluding carboxylic acids is 2. The van der Waals surface area contributed by atoms with Gasteiger partial charge in [0, 0.05) is 23.2 Å². The van der Waals surface area contributed by atoms with Crippen molar-refractivity contribution in [3.8, 4) is 0 Å². The highest BCUT2D eigenvalue weighted by atomic mass is 16.2. The summed E-state index contributed by atoms with van der Waals surface area (Å²) in [6.07, 6.45) is 0.429. The maximum atomic E-state index is 11.8. The predicted molar refractivity (Wildman–Crippen MR) is 73.4 cm³/mol. The van der Waals surface area contributed by atoms with Gasteiger partial charge < -0.3 is 10.6 Å². The largest absolute Gasteiger partial charge is 0.326 e. The molecule has 0 saturated carbocycles. The van der Waals surface area contributed by atoms with Crippen LogP contribution in [0.15, 0.2) is 24.3 Å². The van der Waals surface area contributed by atoms with E-state index in [2.05, 4.69) is 10.6 Å². The first-order valence-electron chi connectivity index (χ1n) is 6.04. The SMILES string of the molecule is CCC(=O)Nc1cccc(NC(=O)C(C)(C)C)c1. The molecule has 0 unspecified atom stereocenters. The van der Waals surface area contributed by atoms with Crippen LogP contribution in [0, 0.1) is 5.41 Å². The maximum Gasteiger partial charge on any atom is 0.229 e. The van der Waals surface area contributed by atoms with Crippen molar-refractivity contribution in [2.24, 2.45) is 5.41 Å². The van der Waals surface area contributed by atoms with E-state index >= 15 is 0 Å². The monoisotopic (exact) mass is 248 g/mol. The third-order valence-electron chi connectivity index (χ3n) is 2.41. The summed E-state index contributed by atoms with van der Waals surface area (Å²) in [4.78, 5) is 23.1. The zero-order valence-corrected chi connectivity index (χ0v) is 11.3. The fourth-order valence-corrected chi connectivity index (χ4v) is 1.24. The summed E-state index contributed by atoms with van der Waals surface area (Å²) in [5.41, 5.74) is 0.931. The molecule has 0 fully saturated rings. The molecule has 2 N–H and O–H groups in total. The molecule has 0 aliphatic carbocycles. The molecule has 1 aromatic carbocycles. The molecule has 18 heavy (non-hydrogen) atoms. The smallest absolute Gasteiger partial charge is 0.229 e. The number of nitrogens with one attached hydrogen (secondary N) is 2. The van der Waals surface area contributed by atoms with Gasteiger partial charge in [-0.2, -0.15) is 0 Å². The summed E-state index contributed by atoms with van der Waals surface area (Å²) >= 11 is 0. The summed E-state index contributed by atoms with van der Waals surface area (Å²) in [5, 5.41) is 5.58. The Hall–Kier alpha value is -1.84. The molecular formula is C14H20N2O2. The van der Waals surface area contributed by atoms with Crippen LogP contribution in [0.25, 0.3) is 0 Å². The summed E-state index contributed by atoms with van der Waals surface area (Å²) in [6, 6.07) is 7.13. The van der Waals surface area contributed by atoms with Gasteiger partial charge in [-0.25, -0.2) is 0 Å². The Morgan fingerprint density at radius 1 is 1.11 bits per heavy atom. The molecule has 0 aliphatic rings. The fraction of sp³-hybridized carbons (Fsp3) is 0.429. The van der Waals surface area contributed by atoms with Gasteiger partial charge in [0.2, 0.25) is 11.8 Å². The van der Waals surface area contributed by atoms with Gasteiger partial charge in [0.15, 0.2) is 0 Å². The van der Waals surface area contributed by atoms with Crippen molar-refractivity contribution in [1.82, 2.24) is 0 Å². The Morgan fingerprint density at radius 3 is 2.17 bits per heavy atom. The molecule has 0 radical (unpaired) electrons. The molecular weight excluding hydrogens is 228 g/mol. The van der Waals surface area contributed by atoms with Crippen LogP contribution in [0.4, 0.5) is 11.4 Å². The van der Waals surface area contributed by atoms with Crippen LogP contribution in [-0.2, 0) is 9.59 Å². The van der Waals surface area contributed by atoms with E-state index in [4.69, 9.17) is 0 Å². The molecule has 98 valence electrons. The highest BCUT2D eigenvalue weighted by Crippen LogP contribution is 2.20. The molecule has 1 aromatic rings. The van der Waals surface area contributed by atoms with Crippen LogP contribution >= 0.6 is 0 Å². The lowest BCUT2D eigenvalue weighted by atomic mass is 9.95. The Bertz CT molecular complexity index is 447. The number of rotatable bonds is 3.